The molecular formula is C10H19N3O. The summed E-state index contributed by atoms with van der Waals surface area (Å²) in [5, 5.41) is 9.56. The van der Waals surface area contributed by atoms with Crippen LogP contribution in [0, 0.1) is 5.92 Å². The first-order valence-corrected chi connectivity index (χ1v) is 5.55. The Balaban J connectivity index is 1.64. The molecule has 0 aromatic carbocycles. The van der Waals surface area contributed by atoms with Gasteiger partial charge in [0.25, 0.3) is 0 Å². The Labute approximate surface area is 84.8 Å². The maximum absolute atomic E-state index is 11.5. The molecule has 0 saturated carbocycles. The molecule has 2 fully saturated rings. The van der Waals surface area contributed by atoms with E-state index in [1.165, 1.54) is 6.42 Å². The average molecular weight is 197 g/mol. The lowest BCUT2D eigenvalue weighted by Crippen LogP contribution is -2.49. The first-order valence-electron chi connectivity index (χ1n) is 5.55. The molecule has 2 rings (SSSR count). The van der Waals surface area contributed by atoms with Crippen LogP contribution in [0.2, 0.25) is 0 Å². The Hall–Kier alpha value is -0.610. The van der Waals surface area contributed by atoms with Crippen molar-refractivity contribution in [1.82, 2.24) is 16.0 Å². The fourth-order valence-electron chi connectivity index (χ4n) is 2.02. The summed E-state index contributed by atoms with van der Waals surface area (Å²) in [6, 6.07) is 0.365. The zero-order valence-corrected chi connectivity index (χ0v) is 8.51. The van der Waals surface area contributed by atoms with E-state index in [9.17, 15) is 4.79 Å². The molecule has 14 heavy (non-hydrogen) atoms. The van der Waals surface area contributed by atoms with Gasteiger partial charge in [-0.25, -0.2) is 0 Å². The van der Waals surface area contributed by atoms with Gasteiger partial charge in [0.05, 0.1) is 0 Å². The fraction of sp³-hybridized carbons (Fsp3) is 0.900. The Bertz CT molecular complexity index is 198. The summed E-state index contributed by atoms with van der Waals surface area (Å²) < 4.78 is 0. The van der Waals surface area contributed by atoms with Crippen LogP contribution in [0.25, 0.3) is 0 Å². The van der Waals surface area contributed by atoms with E-state index in [0.29, 0.717) is 18.4 Å². The van der Waals surface area contributed by atoms with E-state index in [1.54, 1.807) is 0 Å². The Kier molecular flexibility index (Phi) is 3.37. The highest BCUT2D eigenvalue weighted by Crippen LogP contribution is 2.09. The molecule has 0 radical (unpaired) electrons. The highest BCUT2D eigenvalue weighted by atomic mass is 16.1. The van der Waals surface area contributed by atoms with E-state index in [0.717, 1.165) is 32.6 Å². The van der Waals surface area contributed by atoms with Crippen molar-refractivity contribution < 1.29 is 4.79 Å². The highest BCUT2D eigenvalue weighted by Gasteiger charge is 2.22. The van der Waals surface area contributed by atoms with Crippen LogP contribution in [0.1, 0.15) is 19.3 Å². The predicted octanol–water partition coefficient (Wildman–Crippen LogP) is -0.536. The van der Waals surface area contributed by atoms with Crippen molar-refractivity contribution in [3.8, 4) is 0 Å². The SMILES string of the molecule is O=C(CC1CNC1)N[C@@H]1CCCNC1. The van der Waals surface area contributed by atoms with E-state index in [2.05, 4.69) is 16.0 Å². The molecule has 4 nitrogen and oxygen atoms in total. The van der Waals surface area contributed by atoms with Gasteiger partial charge in [-0.05, 0) is 38.4 Å². The molecule has 1 amide bonds. The van der Waals surface area contributed by atoms with Crippen molar-refractivity contribution in [2.24, 2.45) is 5.92 Å². The molecule has 80 valence electrons. The van der Waals surface area contributed by atoms with Gasteiger partial charge < -0.3 is 16.0 Å². The van der Waals surface area contributed by atoms with Gasteiger partial charge in [0.15, 0.2) is 0 Å². The van der Waals surface area contributed by atoms with Crippen molar-refractivity contribution in [3.05, 3.63) is 0 Å². The topological polar surface area (TPSA) is 53.2 Å². The number of rotatable bonds is 3. The lowest BCUT2D eigenvalue weighted by molar-refractivity contribution is -0.123. The van der Waals surface area contributed by atoms with Gasteiger partial charge in [-0.3, -0.25) is 4.79 Å². The summed E-state index contributed by atoms with van der Waals surface area (Å²) in [6.07, 6.45) is 3.00. The number of nitrogens with one attached hydrogen (secondary N) is 3. The molecule has 2 saturated heterocycles. The monoisotopic (exact) mass is 197 g/mol. The summed E-state index contributed by atoms with van der Waals surface area (Å²) >= 11 is 0. The number of hydrogen-bond donors (Lipinski definition) is 3. The number of carbonyl (C=O) groups excluding carboxylic acids is 1. The molecule has 3 N–H and O–H groups in total. The zero-order valence-electron chi connectivity index (χ0n) is 8.51. The minimum Gasteiger partial charge on any atom is -0.352 e. The zero-order chi connectivity index (χ0) is 9.80. The largest absolute Gasteiger partial charge is 0.352 e. The van der Waals surface area contributed by atoms with Gasteiger partial charge in [0.2, 0.25) is 5.91 Å². The van der Waals surface area contributed by atoms with Gasteiger partial charge in [-0.1, -0.05) is 0 Å². The van der Waals surface area contributed by atoms with Gasteiger partial charge in [-0.2, -0.15) is 0 Å². The molecule has 0 aromatic heterocycles. The lowest BCUT2D eigenvalue weighted by atomic mass is 9.98. The smallest absolute Gasteiger partial charge is 0.220 e. The Morgan fingerprint density at radius 3 is 2.71 bits per heavy atom. The second-order valence-electron chi connectivity index (χ2n) is 4.34. The summed E-state index contributed by atoms with van der Waals surface area (Å²) in [5.41, 5.74) is 0. The molecular weight excluding hydrogens is 178 g/mol. The molecule has 0 bridgehead atoms. The minimum atomic E-state index is 0.227. The molecule has 4 heteroatoms. The highest BCUT2D eigenvalue weighted by molar-refractivity contribution is 5.76. The summed E-state index contributed by atoms with van der Waals surface area (Å²) in [7, 11) is 0. The second-order valence-corrected chi connectivity index (χ2v) is 4.34. The molecule has 0 aliphatic carbocycles. The van der Waals surface area contributed by atoms with Gasteiger partial charge in [0.1, 0.15) is 0 Å². The van der Waals surface area contributed by atoms with Gasteiger partial charge in [-0.15, -0.1) is 0 Å². The maximum atomic E-state index is 11.5. The number of amides is 1. The van der Waals surface area contributed by atoms with Crippen LogP contribution < -0.4 is 16.0 Å². The molecule has 0 unspecified atom stereocenters. The maximum Gasteiger partial charge on any atom is 0.220 e. The van der Waals surface area contributed by atoms with Crippen molar-refractivity contribution in [2.45, 2.75) is 25.3 Å². The first-order chi connectivity index (χ1) is 6.84. The van der Waals surface area contributed by atoms with Gasteiger partial charge in [0, 0.05) is 19.0 Å². The van der Waals surface area contributed by atoms with Crippen molar-refractivity contribution in [3.63, 3.8) is 0 Å². The van der Waals surface area contributed by atoms with Crippen LogP contribution in [0.3, 0.4) is 0 Å². The van der Waals surface area contributed by atoms with Crippen molar-refractivity contribution in [2.75, 3.05) is 26.2 Å². The number of hydrogen-bond acceptors (Lipinski definition) is 3. The normalized spacial score (nSPS) is 28.1. The third-order valence-corrected chi connectivity index (χ3v) is 3.00. The minimum absolute atomic E-state index is 0.227. The Morgan fingerprint density at radius 2 is 2.14 bits per heavy atom. The first kappa shape index (κ1) is 9.93. The van der Waals surface area contributed by atoms with Crippen LogP contribution in [0.5, 0.6) is 0 Å². The predicted molar refractivity (Wildman–Crippen MR) is 55.0 cm³/mol. The van der Waals surface area contributed by atoms with Crippen molar-refractivity contribution in [1.29, 1.82) is 0 Å². The quantitative estimate of drug-likeness (QED) is 0.570. The summed E-state index contributed by atoms with van der Waals surface area (Å²) in [6.45, 7) is 4.06. The molecule has 1 atom stereocenters. The lowest BCUT2D eigenvalue weighted by Gasteiger charge is -2.28. The van der Waals surface area contributed by atoms with Crippen molar-refractivity contribution >= 4 is 5.91 Å². The number of carbonyl (C=O) groups is 1. The molecule has 2 aliphatic rings. The summed E-state index contributed by atoms with van der Waals surface area (Å²) in [4.78, 5) is 11.5. The molecule has 0 aromatic rings. The third-order valence-electron chi connectivity index (χ3n) is 3.00. The van der Waals surface area contributed by atoms with Crippen LogP contribution in [0.4, 0.5) is 0 Å². The van der Waals surface area contributed by atoms with E-state index >= 15 is 0 Å². The van der Waals surface area contributed by atoms with Crippen LogP contribution in [-0.2, 0) is 4.79 Å². The second kappa shape index (κ2) is 4.75. The Morgan fingerprint density at radius 1 is 1.29 bits per heavy atom. The van der Waals surface area contributed by atoms with E-state index in [-0.39, 0.29) is 5.91 Å². The van der Waals surface area contributed by atoms with Gasteiger partial charge >= 0.3 is 0 Å². The van der Waals surface area contributed by atoms with Crippen LogP contribution in [0.15, 0.2) is 0 Å². The average Bonchev–Trinajstić information content (AvgIpc) is 2.13. The molecule has 2 aliphatic heterocycles. The van der Waals surface area contributed by atoms with Crippen LogP contribution >= 0.6 is 0 Å². The van der Waals surface area contributed by atoms with Crippen LogP contribution in [-0.4, -0.2) is 38.1 Å². The fourth-order valence-corrected chi connectivity index (χ4v) is 2.02. The summed E-state index contributed by atoms with van der Waals surface area (Å²) in [5.74, 6) is 0.803. The van der Waals surface area contributed by atoms with E-state index < -0.39 is 0 Å². The van der Waals surface area contributed by atoms with E-state index in [1.807, 2.05) is 0 Å². The van der Waals surface area contributed by atoms with E-state index in [4.69, 9.17) is 0 Å². The standard InChI is InChI=1S/C10H19N3O/c14-10(4-8-5-12-6-8)13-9-2-1-3-11-7-9/h8-9,11-12H,1-7H2,(H,13,14)/t9-/m1/s1. The number of piperidine rings is 1. The third kappa shape index (κ3) is 2.69. The molecule has 2 heterocycles. The molecule has 0 spiro atoms.